The van der Waals surface area contributed by atoms with E-state index in [0.717, 1.165) is 39.2 Å². The van der Waals surface area contributed by atoms with Gasteiger partial charge in [-0.25, -0.2) is 19.9 Å². The van der Waals surface area contributed by atoms with Crippen LogP contribution in [-0.4, -0.2) is 38.3 Å². The van der Waals surface area contributed by atoms with Crippen molar-refractivity contribution in [3.05, 3.63) is 149 Å². The summed E-state index contributed by atoms with van der Waals surface area (Å²) in [6, 6.07) is 43.3. The molecule has 3 heterocycles. The second-order valence-electron chi connectivity index (χ2n) is 11.8. The molecular formula is C38H34BCl3N4O2. The average Bonchev–Trinajstić information content (AvgIpc) is 3.32. The van der Waals surface area contributed by atoms with Crippen LogP contribution in [-0.2, 0) is 9.31 Å². The van der Waals surface area contributed by atoms with Gasteiger partial charge in [-0.15, -0.1) is 0 Å². The van der Waals surface area contributed by atoms with Crippen LogP contribution in [0.2, 0.25) is 15.7 Å². The number of aromatic nitrogens is 4. The van der Waals surface area contributed by atoms with Crippen LogP contribution in [0.25, 0.3) is 33.8 Å². The zero-order valence-corrected chi connectivity index (χ0v) is 29.3. The van der Waals surface area contributed by atoms with E-state index in [2.05, 4.69) is 47.6 Å². The SMILES string of the molecule is CC1(C)OB(c2ccccc2)OC1(C)C.Clc1cc(-c2ccccc2)nc(Cl)n1.Clc1nc(-c2ccccc2)cc(-c2ccccc2)n1. The van der Waals surface area contributed by atoms with Crippen LogP contribution in [0.3, 0.4) is 0 Å². The fraction of sp³-hybridized carbons (Fsp3) is 0.158. The smallest absolute Gasteiger partial charge is 0.399 e. The zero-order valence-electron chi connectivity index (χ0n) is 27.0. The van der Waals surface area contributed by atoms with E-state index >= 15 is 0 Å². The van der Waals surface area contributed by atoms with Crippen LogP contribution in [0.1, 0.15) is 27.7 Å². The summed E-state index contributed by atoms with van der Waals surface area (Å²) in [7, 11) is -0.240. The molecule has 48 heavy (non-hydrogen) atoms. The van der Waals surface area contributed by atoms with Gasteiger partial charge in [-0.1, -0.05) is 133 Å². The second-order valence-corrected chi connectivity index (χ2v) is 12.9. The molecule has 6 nitrogen and oxygen atoms in total. The van der Waals surface area contributed by atoms with Crippen molar-refractivity contribution in [1.82, 2.24) is 19.9 Å². The summed E-state index contributed by atoms with van der Waals surface area (Å²) in [4.78, 5) is 16.4. The molecule has 242 valence electrons. The van der Waals surface area contributed by atoms with Crippen molar-refractivity contribution in [2.45, 2.75) is 38.9 Å². The molecule has 1 aliphatic rings. The van der Waals surface area contributed by atoms with Gasteiger partial charge in [-0.05, 0) is 62.4 Å². The highest BCUT2D eigenvalue weighted by atomic mass is 35.5. The summed E-state index contributed by atoms with van der Waals surface area (Å²) in [5, 5.41) is 0.778. The van der Waals surface area contributed by atoms with Crippen molar-refractivity contribution < 1.29 is 9.31 Å². The minimum absolute atomic E-state index is 0.163. The van der Waals surface area contributed by atoms with Crippen molar-refractivity contribution >= 4 is 47.4 Å². The first-order chi connectivity index (χ1) is 23.0. The van der Waals surface area contributed by atoms with Gasteiger partial charge in [-0.2, -0.15) is 0 Å². The second kappa shape index (κ2) is 15.9. The number of halogens is 3. The van der Waals surface area contributed by atoms with E-state index in [1.54, 1.807) is 6.07 Å². The summed E-state index contributed by atoms with van der Waals surface area (Å²) in [5.41, 5.74) is 6.00. The van der Waals surface area contributed by atoms with Crippen molar-refractivity contribution in [2.75, 3.05) is 0 Å². The Kier molecular flexibility index (Phi) is 11.6. The minimum atomic E-state index is -0.256. The maximum atomic E-state index is 6.03. The van der Waals surface area contributed by atoms with Gasteiger partial charge in [0.15, 0.2) is 0 Å². The topological polar surface area (TPSA) is 70.0 Å². The van der Waals surface area contributed by atoms with Crippen LogP contribution in [0.15, 0.2) is 133 Å². The maximum Gasteiger partial charge on any atom is 0.494 e. The van der Waals surface area contributed by atoms with Gasteiger partial charge in [0.05, 0.1) is 28.3 Å². The molecule has 0 atom stereocenters. The summed E-state index contributed by atoms with van der Waals surface area (Å²) in [6.45, 7) is 8.26. The van der Waals surface area contributed by atoms with Crippen LogP contribution in [0.4, 0.5) is 0 Å². The average molecular weight is 696 g/mol. The predicted molar refractivity (Wildman–Crippen MR) is 198 cm³/mol. The van der Waals surface area contributed by atoms with E-state index < -0.39 is 0 Å². The van der Waals surface area contributed by atoms with Crippen LogP contribution in [0, 0.1) is 0 Å². The van der Waals surface area contributed by atoms with E-state index in [0.29, 0.717) is 5.15 Å². The number of benzene rings is 4. The van der Waals surface area contributed by atoms with E-state index in [1.165, 1.54) is 0 Å². The van der Waals surface area contributed by atoms with Gasteiger partial charge >= 0.3 is 7.12 Å². The van der Waals surface area contributed by atoms with Crippen LogP contribution >= 0.6 is 34.8 Å². The molecule has 0 spiro atoms. The molecule has 0 bridgehead atoms. The number of rotatable bonds is 4. The first kappa shape index (κ1) is 35.2. The van der Waals surface area contributed by atoms with E-state index in [9.17, 15) is 0 Å². The molecule has 0 aliphatic carbocycles. The Morgan fingerprint density at radius 2 is 0.792 bits per heavy atom. The lowest BCUT2D eigenvalue weighted by atomic mass is 9.79. The third kappa shape index (κ3) is 9.28. The first-order valence-electron chi connectivity index (χ1n) is 15.3. The van der Waals surface area contributed by atoms with Gasteiger partial charge in [-0.3, -0.25) is 0 Å². The summed E-state index contributed by atoms with van der Waals surface area (Å²) in [6.07, 6.45) is 0. The summed E-state index contributed by atoms with van der Waals surface area (Å²) >= 11 is 17.5. The number of hydrogen-bond acceptors (Lipinski definition) is 6. The van der Waals surface area contributed by atoms with Gasteiger partial charge in [0.2, 0.25) is 10.6 Å². The highest BCUT2D eigenvalue weighted by Gasteiger charge is 2.51. The molecule has 10 heteroatoms. The molecule has 1 fully saturated rings. The largest absolute Gasteiger partial charge is 0.494 e. The molecule has 0 radical (unpaired) electrons. The van der Waals surface area contributed by atoms with Gasteiger partial charge in [0, 0.05) is 22.8 Å². The Hall–Kier alpha value is -4.11. The van der Waals surface area contributed by atoms with Gasteiger partial charge < -0.3 is 9.31 Å². The van der Waals surface area contributed by atoms with Gasteiger partial charge in [0.1, 0.15) is 5.15 Å². The van der Waals surface area contributed by atoms with Crippen LogP contribution in [0.5, 0.6) is 0 Å². The molecule has 2 aromatic heterocycles. The van der Waals surface area contributed by atoms with Crippen molar-refractivity contribution in [1.29, 1.82) is 0 Å². The summed E-state index contributed by atoms with van der Waals surface area (Å²) in [5.74, 6) is 0. The Morgan fingerprint density at radius 3 is 1.17 bits per heavy atom. The predicted octanol–water partition coefficient (Wildman–Crippen LogP) is 9.90. The Balaban J connectivity index is 0.000000143. The maximum absolute atomic E-state index is 6.03. The molecule has 6 aromatic rings. The highest BCUT2D eigenvalue weighted by molar-refractivity contribution is 6.62. The van der Waals surface area contributed by atoms with Crippen molar-refractivity contribution in [3.8, 4) is 33.8 Å². The quantitative estimate of drug-likeness (QED) is 0.104. The number of nitrogens with zero attached hydrogens (tertiary/aromatic N) is 4. The molecule has 4 aromatic carbocycles. The van der Waals surface area contributed by atoms with Crippen molar-refractivity contribution in [3.63, 3.8) is 0 Å². The molecule has 1 aliphatic heterocycles. The van der Waals surface area contributed by atoms with E-state index in [-0.39, 0.29) is 28.9 Å². The zero-order chi connectivity index (χ0) is 34.1. The van der Waals surface area contributed by atoms with Gasteiger partial charge in [0.25, 0.3) is 0 Å². The lowest BCUT2D eigenvalue weighted by molar-refractivity contribution is 0.00578. The first-order valence-corrected chi connectivity index (χ1v) is 16.5. The number of hydrogen-bond donors (Lipinski definition) is 0. The normalized spacial score (nSPS) is 14.3. The third-order valence-electron chi connectivity index (χ3n) is 7.90. The van der Waals surface area contributed by atoms with E-state index in [1.807, 2.05) is 127 Å². The molecule has 7 rings (SSSR count). The Labute approximate surface area is 297 Å². The third-order valence-corrected chi connectivity index (χ3v) is 8.43. The lowest BCUT2D eigenvalue weighted by Crippen LogP contribution is -2.41. The molecule has 1 saturated heterocycles. The van der Waals surface area contributed by atoms with Crippen LogP contribution < -0.4 is 5.46 Å². The summed E-state index contributed by atoms with van der Waals surface area (Å²) < 4.78 is 11.9. The molecule has 0 unspecified atom stereocenters. The Morgan fingerprint density at radius 1 is 0.458 bits per heavy atom. The Bertz CT molecular complexity index is 1820. The van der Waals surface area contributed by atoms with E-state index in [4.69, 9.17) is 44.1 Å². The fourth-order valence-electron chi connectivity index (χ4n) is 4.67. The molecule has 0 saturated carbocycles. The molecule has 0 N–H and O–H groups in total. The fourth-order valence-corrected chi connectivity index (χ4v) is 5.26. The minimum Gasteiger partial charge on any atom is -0.399 e. The van der Waals surface area contributed by atoms with Crippen molar-refractivity contribution in [2.24, 2.45) is 0 Å². The molecule has 0 amide bonds. The lowest BCUT2D eigenvalue weighted by Gasteiger charge is -2.32. The molecular weight excluding hydrogens is 662 g/mol. The highest BCUT2D eigenvalue weighted by Crippen LogP contribution is 2.36. The standard InChI is InChI=1S/C16H11ClN2.C12H17BO2.C10H6Cl2N2/c17-16-18-14(12-7-3-1-4-8-12)11-15(19-16)13-9-5-2-6-10-13;1-11(2)12(3,4)15-13(14-11)10-8-6-5-7-9-10;11-9-6-8(13-10(12)14-9)7-4-2-1-3-5-7/h1-11H;5-9H,1-4H3;1-6H. The monoisotopic (exact) mass is 694 g/mol.